The second kappa shape index (κ2) is 6.43. The molecule has 4 heteroatoms. The second-order valence-corrected chi connectivity index (χ2v) is 4.61. The molecule has 0 saturated heterocycles. The zero-order valence-electron chi connectivity index (χ0n) is 10.1. The molecule has 15 heavy (non-hydrogen) atoms. The Hall–Kier alpha value is -1.06. The molecule has 0 heterocycles. The number of nitrogens with one attached hydrogen (secondary N) is 2. The van der Waals surface area contributed by atoms with E-state index in [4.69, 9.17) is 0 Å². The second-order valence-electron chi connectivity index (χ2n) is 4.61. The van der Waals surface area contributed by atoms with Crippen molar-refractivity contribution in [1.82, 2.24) is 10.6 Å². The van der Waals surface area contributed by atoms with Crippen molar-refractivity contribution in [3.63, 3.8) is 0 Å². The Bertz CT molecular complexity index is 219. The Balaban J connectivity index is 3.62. The summed E-state index contributed by atoms with van der Waals surface area (Å²) in [6.45, 7) is 8.65. The van der Waals surface area contributed by atoms with Crippen LogP contribution in [0.1, 0.15) is 40.5 Å². The largest absolute Gasteiger partial charge is 0.356 e. The third kappa shape index (κ3) is 6.94. The molecule has 0 aliphatic rings. The quantitative estimate of drug-likeness (QED) is 0.719. The molecule has 0 aliphatic carbocycles. The lowest BCUT2D eigenvalue weighted by Gasteiger charge is -2.17. The first kappa shape index (κ1) is 13.9. The van der Waals surface area contributed by atoms with Gasteiger partial charge in [-0.3, -0.25) is 9.59 Å². The van der Waals surface area contributed by atoms with Gasteiger partial charge in [0.2, 0.25) is 11.8 Å². The first-order valence-electron chi connectivity index (χ1n) is 5.43. The average molecular weight is 214 g/mol. The van der Waals surface area contributed by atoms with Crippen molar-refractivity contribution in [2.75, 3.05) is 13.1 Å². The van der Waals surface area contributed by atoms with Crippen LogP contribution >= 0.6 is 0 Å². The van der Waals surface area contributed by atoms with E-state index >= 15 is 0 Å². The number of carbonyl (C=O) groups excluding carboxylic acids is 2. The zero-order chi connectivity index (χ0) is 11.9. The highest BCUT2D eigenvalue weighted by molar-refractivity contribution is 5.82. The van der Waals surface area contributed by atoms with Crippen molar-refractivity contribution in [1.29, 1.82) is 0 Å². The molecule has 0 aliphatic heterocycles. The fourth-order valence-corrected chi connectivity index (χ4v) is 0.908. The zero-order valence-corrected chi connectivity index (χ0v) is 10.1. The van der Waals surface area contributed by atoms with Crippen molar-refractivity contribution in [3.05, 3.63) is 0 Å². The van der Waals surface area contributed by atoms with Gasteiger partial charge in [-0.25, -0.2) is 0 Å². The first-order valence-corrected chi connectivity index (χ1v) is 5.43. The molecule has 0 aromatic rings. The van der Waals surface area contributed by atoms with Crippen molar-refractivity contribution in [2.24, 2.45) is 5.41 Å². The lowest BCUT2D eigenvalue weighted by molar-refractivity contribution is -0.128. The van der Waals surface area contributed by atoms with E-state index in [2.05, 4.69) is 10.6 Å². The maximum Gasteiger partial charge on any atom is 0.225 e. The van der Waals surface area contributed by atoms with Gasteiger partial charge in [0.1, 0.15) is 0 Å². The molecule has 0 aromatic carbocycles. The molecule has 0 saturated carbocycles. The molecule has 0 bridgehead atoms. The SMILES string of the molecule is CCCNC(=O)CCNC(=O)C(C)(C)C. The lowest BCUT2D eigenvalue weighted by Crippen LogP contribution is -2.37. The van der Waals surface area contributed by atoms with Crippen LogP contribution in [0.25, 0.3) is 0 Å². The fourth-order valence-electron chi connectivity index (χ4n) is 0.908. The molecular formula is C11H22N2O2. The summed E-state index contributed by atoms with van der Waals surface area (Å²) in [7, 11) is 0. The van der Waals surface area contributed by atoms with Crippen LogP contribution < -0.4 is 10.6 Å². The Kier molecular flexibility index (Phi) is 5.97. The summed E-state index contributed by atoms with van der Waals surface area (Å²) in [5.74, 6) is -0.0307. The Morgan fingerprint density at radius 1 is 1.07 bits per heavy atom. The van der Waals surface area contributed by atoms with Crippen molar-refractivity contribution in [3.8, 4) is 0 Å². The van der Waals surface area contributed by atoms with Gasteiger partial charge in [0.05, 0.1) is 0 Å². The van der Waals surface area contributed by atoms with Gasteiger partial charge in [-0.2, -0.15) is 0 Å². The summed E-state index contributed by atoms with van der Waals surface area (Å²) in [4.78, 5) is 22.6. The monoisotopic (exact) mass is 214 g/mol. The van der Waals surface area contributed by atoms with Gasteiger partial charge in [0.15, 0.2) is 0 Å². The third-order valence-corrected chi connectivity index (χ3v) is 1.89. The van der Waals surface area contributed by atoms with Crippen LogP contribution in [-0.2, 0) is 9.59 Å². The van der Waals surface area contributed by atoms with E-state index in [9.17, 15) is 9.59 Å². The van der Waals surface area contributed by atoms with Crippen LogP contribution in [0.2, 0.25) is 0 Å². The third-order valence-electron chi connectivity index (χ3n) is 1.89. The molecule has 0 fully saturated rings. The summed E-state index contributed by atoms with van der Waals surface area (Å²) in [5.41, 5.74) is -0.389. The maximum absolute atomic E-state index is 11.4. The van der Waals surface area contributed by atoms with Crippen LogP contribution in [-0.4, -0.2) is 24.9 Å². The van der Waals surface area contributed by atoms with Crippen molar-refractivity contribution in [2.45, 2.75) is 40.5 Å². The minimum Gasteiger partial charge on any atom is -0.356 e. The summed E-state index contributed by atoms with van der Waals surface area (Å²) < 4.78 is 0. The molecule has 0 unspecified atom stereocenters. The maximum atomic E-state index is 11.4. The molecule has 2 N–H and O–H groups in total. The van der Waals surface area contributed by atoms with Gasteiger partial charge < -0.3 is 10.6 Å². The minimum absolute atomic E-state index is 0.00828. The van der Waals surface area contributed by atoms with E-state index in [0.717, 1.165) is 6.42 Å². The van der Waals surface area contributed by atoms with E-state index in [1.165, 1.54) is 0 Å². The van der Waals surface area contributed by atoms with Crippen LogP contribution in [0, 0.1) is 5.41 Å². The molecule has 0 rings (SSSR count). The molecular weight excluding hydrogens is 192 g/mol. The minimum atomic E-state index is -0.389. The normalized spacial score (nSPS) is 10.9. The smallest absolute Gasteiger partial charge is 0.225 e. The number of carbonyl (C=O) groups is 2. The van der Waals surface area contributed by atoms with Gasteiger partial charge >= 0.3 is 0 Å². The standard InChI is InChI=1S/C11H22N2O2/c1-5-7-12-9(14)6-8-13-10(15)11(2,3)4/h5-8H2,1-4H3,(H,12,14)(H,13,15). The highest BCUT2D eigenvalue weighted by Gasteiger charge is 2.20. The molecule has 4 nitrogen and oxygen atoms in total. The molecule has 0 radical (unpaired) electrons. The molecule has 0 atom stereocenters. The van der Waals surface area contributed by atoms with Crippen LogP contribution in [0.15, 0.2) is 0 Å². The van der Waals surface area contributed by atoms with Gasteiger partial charge in [0.25, 0.3) is 0 Å². The number of amides is 2. The van der Waals surface area contributed by atoms with E-state index in [1.54, 1.807) is 0 Å². The van der Waals surface area contributed by atoms with E-state index < -0.39 is 0 Å². The number of rotatable bonds is 5. The van der Waals surface area contributed by atoms with E-state index in [-0.39, 0.29) is 17.2 Å². The molecule has 88 valence electrons. The summed E-state index contributed by atoms with van der Waals surface area (Å²) in [6, 6.07) is 0. The predicted molar refractivity (Wildman–Crippen MR) is 60.4 cm³/mol. The molecule has 2 amide bonds. The van der Waals surface area contributed by atoms with Gasteiger partial charge in [0, 0.05) is 24.9 Å². The Morgan fingerprint density at radius 2 is 1.67 bits per heavy atom. The number of hydrogen-bond acceptors (Lipinski definition) is 2. The lowest BCUT2D eigenvalue weighted by atomic mass is 9.96. The average Bonchev–Trinajstić information content (AvgIpc) is 2.13. The predicted octanol–water partition coefficient (Wildman–Crippen LogP) is 1.06. The summed E-state index contributed by atoms with van der Waals surface area (Å²) >= 11 is 0. The van der Waals surface area contributed by atoms with Gasteiger partial charge in [-0.1, -0.05) is 27.7 Å². The van der Waals surface area contributed by atoms with Gasteiger partial charge in [-0.05, 0) is 6.42 Å². The highest BCUT2D eigenvalue weighted by atomic mass is 16.2. The van der Waals surface area contributed by atoms with E-state index in [0.29, 0.717) is 19.5 Å². The number of hydrogen-bond donors (Lipinski definition) is 2. The van der Waals surface area contributed by atoms with Crippen LogP contribution in [0.5, 0.6) is 0 Å². The van der Waals surface area contributed by atoms with Gasteiger partial charge in [-0.15, -0.1) is 0 Å². The van der Waals surface area contributed by atoms with Crippen molar-refractivity contribution >= 4 is 11.8 Å². The highest BCUT2D eigenvalue weighted by Crippen LogP contribution is 2.11. The summed E-state index contributed by atoms with van der Waals surface area (Å²) in [6.07, 6.45) is 1.28. The topological polar surface area (TPSA) is 58.2 Å². The van der Waals surface area contributed by atoms with E-state index in [1.807, 2.05) is 27.7 Å². The molecule has 0 spiro atoms. The molecule has 0 aromatic heterocycles. The van der Waals surface area contributed by atoms with Crippen LogP contribution in [0.3, 0.4) is 0 Å². The summed E-state index contributed by atoms with van der Waals surface area (Å²) in [5, 5.41) is 5.48. The Labute approximate surface area is 91.8 Å². The van der Waals surface area contributed by atoms with Crippen molar-refractivity contribution < 1.29 is 9.59 Å². The first-order chi connectivity index (χ1) is 6.88. The van der Waals surface area contributed by atoms with Crippen LogP contribution in [0.4, 0.5) is 0 Å². The Morgan fingerprint density at radius 3 is 2.13 bits per heavy atom. The fraction of sp³-hybridized carbons (Fsp3) is 0.818.